The van der Waals surface area contributed by atoms with Crippen LogP contribution in [0, 0.1) is 11.8 Å². The zero-order chi connectivity index (χ0) is 20.0. The van der Waals surface area contributed by atoms with Gasteiger partial charge >= 0.3 is 6.18 Å². The van der Waals surface area contributed by atoms with Gasteiger partial charge in [0.1, 0.15) is 11.5 Å². The van der Waals surface area contributed by atoms with E-state index >= 15 is 0 Å². The van der Waals surface area contributed by atoms with Crippen molar-refractivity contribution in [1.29, 1.82) is 0 Å². The van der Waals surface area contributed by atoms with Gasteiger partial charge in [-0.1, -0.05) is 30.0 Å². The molecule has 0 aromatic heterocycles. The quantitative estimate of drug-likeness (QED) is 0.718. The number of hydrogen-bond donors (Lipinski definition) is 0. The van der Waals surface area contributed by atoms with E-state index in [0.717, 1.165) is 38.8 Å². The zero-order valence-corrected chi connectivity index (χ0v) is 15.8. The van der Waals surface area contributed by atoms with Crippen LogP contribution >= 0.6 is 0 Å². The third kappa shape index (κ3) is 5.75. The van der Waals surface area contributed by atoms with Crippen molar-refractivity contribution in [2.75, 3.05) is 39.8 Å². The summed E-state index contributed by atoms with van der Waals surface area (Å²) in [4.78, 5) is 4.64. The molecule has 0 N–H and O–H groups in total. The third-order valence-corrected chi connectivity index (χ3v) is 4.64. The molecule has 2 aromatic carbocycles. The van der Waals surface area contributed by atoms with Gasteiger partial charge in [-0.3, -0.25) is 4.90 Å². The molecule has 0 saturated carbocycles. The molecule has 2 aromatic rings. The summed E-state index contributed by atoms with van der Waals surface area (Å²) in [6.07, 6.45) is -3.81. The fraction of sp³-hybridized carbons (Fsp3) is 0.364. The van der Waals surface area contributed by atoms with Crippen LogP contribution in [0.5, 0.6) is 11.5 Å². The third-order valence-electron chi connectivity index (χ3n) is 4.64. The van der Waals surface area contributed by atoms with Crippen molar-refractivity contribution in [3.05, 3.63) is 59.7 Å². The van der Waals surface area contributed by atoms with E-state index in [1.165, 1.54) is 12.1 Å². The lowest BCUT2D eigenvalue weighted by molar-refractivity contribution is -0.138. The molecule has 0 atom stereocenters. The molecule has 0 aliphatic carbocycles. The van der Waals surface area contributed by atoms with Gasteiger partial charge in [0.15, 0.2) is 0 Å². The van der Waals surface area contributed by atoms with E-state index in [2.05, 4.69) is 28.7 Å². The van der Waals surface area contributed by atoms with Gasteiger partial charge in [-0.05, 0) is 37.4 Å². The van der Waals surface area contributed by atoms with Crippen LogP contribution in [0.25, 0.3) is 0 Å². The highest BCUT2D eigenvalue weighted by molar-refractivity contribution is 5.47. The normalized spacial score (nSPS) is 15.7. The number of ether oxygens (including phenoxy) is 1. The van der Waals surface area contributed by atoms with Gasteiger partial charge in [-0.25, -0.2) is 0 Å². The highest BCUT2D eigenvalue weighted by Gasteiger charge is 2.34. The SMILES string of the molecule is CN1CCN(CCC#Cc2ccc(C(F)(F)F)c(Oc3ccccc3)c2)CC1. The van der Waals surface area contributed by atoms with Crippen molar-refractivity contribution in [3.63, 3.8) is 0 Å². The maximum atomic E-state index is 13.3. The Morgan fingerprint density at radius 2 is 1.71 bits per heavy atom. The second-order valence-electron chi connectivity index (χ2n) is 6.82. The van der Waals surface area contributed by atoms with E-state index in [1.807, 2.05) is 0 Å². The average Bonchev–Trinajstić information content (AvgIpc) is 2.67. The Bertz CT molecular complexity index is 832. The highest BCUT2D eigenvalue weighted by atomic mass is 19.4. The summed E-state index contributed by atoms with van der Waals surface area (Å²) in [5.41, 5.74) is -0.295. The van der Waals surface area contributed by atoms with Crippen molar-refractivity contribution in [1.82, 2.24) is 9.80 Å². The number of para-hydroxylation sites is 1. The molecule has 6 heteroatoms. The van der Waals surface area contributed by atoms with Crippen molar-refractivity contribution < 1.29 is 17.9 Å². The fourth-order valence-corrected chi connectivity index (χ4v) is 2.98. The Morgan fingerprint density at radius 1 is 1.00 bits per heavy atom. The molecule has 148 valence electrons. The second kappa shape index (κ2) is 9.13. The number of nitrogens with zero attached hydrogens (tertiary/aromatic N) is 2. The van der Waals surface area contributed by atoms with Crippen molar-refractivity contribution in [3.8, 4) is 23.3 Å². The molecular formula is C22H23F3N2O. The monoisotopic (exact) mass is 388 g/mol. The van der Waals surface area contributed by atoms with E-state index in [4.69, 9.17) is 4.74 Å². The topological polar surface area (TPSA) is 15.7 Å². The van der Waals surface area contributed by atoms with Gasteiger partial charge in [-0.15, -0.1) is 0 Å². The predicted octanol–water partition coefficient (Wildman–Crippen LogP) is 4.49. The standard InChI is InChI=1S/C22H23F3N2O/c1-26-13-15-27(16-14-26)12-6-5-7-18-10-11-20(22(23,24)25)21(17-18)28-19-8-3-2-4-9-19/h2-4,8-11,17H,6,12-16H2,1H3. The number of rotatable bonds is 4. The molecule has 28 heavy (non-hydrogen) atoms. The van der Waals surface area contributed by atoms with E-state index in [0.29, 0.717) is 17.7 Å². The van der Waals surface area contributed by atoms with Gasteiger partial charge in [0.05, 0.1) is 5.56 Å². The minimum absolute atomic E-state index is 0.232. The zero-order valence-electron chi connectivity index (χ0n) is 15.8. The molecule has 0 spiro atoms. The van der Waals surface area contributed by atoms with Gasteiger partial charge in [-0.2, -0.15) is 13.2 Å². The molecular weight excluding hydrogens is 365 g/mol. The fourth-order valence-electron chi connectivity index (χ4n) is 2.98. The van der Waals surface area contributed by atoms with Crippen LogP contribution < -0.4 is 4.74 Å². The number of alkyl halides is 3. The Kier molecular flexibility index (Phi) is 6.61. The van der Waals surface area contributed by atoms with Crippen LogP contribution in [0.1, 0.15) is 17.5 Å². The van der Waals surface area contributed by atoms with Gasteiger partial charge in [0.25, 0.3) is 0 Å². The van der Waals surface area contributed by atoms with E-state index in [1.54, 1.807) is 30.3 Å². The van der Waals surface area contributed by atoms with Crippen LogP contribution in [0.15, 0.2) is 48.5 Å². The Balaban J connectivity index is 1.69. The number of hydrogen-bond acceptors (Lipinski definition) is 3. The van der Waals surface area contributed by atoms with Crippen molar-refractivity contribution in [2.45, 2.75) is 12.6 Å². The molecule has 1 aliphatic heterocycles. The van der Waals surface area contributed by atoms with Crippen LogP contribution in [0.3, 0.4) is 0 Å². The van der Waals surface area contributed by atoms with Crippen LogP contribution in [0.2, 0.25) is 0 Å². The van der Waals surface area contributed by atoms with Gasteiger partial charge in [0.2, 0.25) is 0 Å². The molecule has 0 amide bonds. The van der Waals surface area contributed by atoms with Crippen LogP contribution in [-0.4, -0.2) is 49.6 Å². The minimum Gasteiger partial charge on any atom is -0.457 e. The number of likely N-dealkylation sites (N-methyl/N-ethyl adjacent to an activating group) is 1. The molecule has 1 heterocycles. The van der Waals surface area contributed by atoms with Gasteiger partial charge < -0.3 is 9.64 Å². The van der Waals surface area contributed by atoms with E-state index in [-0.39, 0.29) is 5.75 Å². The minimum atomic E-state index is -4.49. The number of benzene rings is 2. The maximum Gasteiger partial charge on any atom is 0.419 e. The first-order valence-corrected chi connectivity index (χ1v) is 9.26. The van der Waals surface area contributed by atoms with Crippen LogP contribution in [0.4, 0.5) is 13.2 Å². The van der Waals surface area contributed by atoms with E-state index in [9.17, 15) is 13.2 Å². The summed E-state index contributed by atoms with van der Waals surface area (Å²) in [6.45, 7) is 5.01. The summed E-state index contributed by atoms with van der Waals surface area (Å²) in [7, 11) is 2.11. The van der Waals surface area contributed by atoms with E-state index < -0.39 is 11.7 Å². The largest absolute Gasteiger partial charge is 0.457 e. The molecule has 1 aliphatic rings. The molecule has 1 fully saturated rings. The number of piperazine rings is 1. The van der Waals surface area contributed by atoms with Crippen LogP contribution in [-0.2, 0) is 6.18 Å². The summed E-state index contributed by atoms with van der Waals surface area (Å²) in [5, 5.41) is 0. The maximum absolute atomic E-state index is 13.3. The summed E-state index contributed by atoms with van der Waals surface area (Å²) >= 11 is 0. The smallest absolute Gasteiger partial charge is 0.419 e. The summed E-state index contributed by atoms with van der Waals surface area (Å²) in [5.74, 6) is 6.15. The summed E-state index contributed by atoms with van der Waals surface area (Å²) < 4.78 is 45.4. The predicted molar refractivity (Wildman–Crippen MR) is 103 cm³/mol. The molecule has 1 saturated heterocycles. The first-order chi connectivity index (χ1) is 13.4. The second-order valence-corrected chi connectivity index (χ2v) is 6.82. The molecule has 0 radical (unpaired) electrons. The first-order valence-electron chi connectivity index (χ1n) is 9.26. The van der Waals surface area contributed by atoms with Crippen molar-refractivity contribution >= 4 is 0 Å². The average molecular weight is 388 g/mol. The summed E-state index contributed by atoms with van der Waals surface area (Å²) in [6, 6.07) is 12.2. The molecule has 0 unspecified atom stereocenters. The lowest BCUT2D eigenvalue weighted by Gasteiger charge is -2.31. The van der Waals surface area contributed by atoms with Crippen molar-refractivity contribution in [2.24, 2.45) is 0 Å². The lowest BCUT2D eigenvalue weighted by Crippen LogP contribution is -2.44. The molecule has 0 bridgehead atoms. The Morgan fingerprint density at radius 3 is 2.39 bits per heavy atom. The molecule has 3 rings (SSSR count). The van der Waals surface area contributed by atoms with Gasteiger partial charge in [0, 0.05) is 44.7 Å². The lowest BCUT2D eigenvalue weighted by atomic mass is 10.1. The highest BCUT2D eigenvalue weighted by Crippen LogP contribution is 2.38. The molecule has 3 nitrogen and oxygen atoms in total. The number of halogens is 3. The first kappa shape index (κ1) is 20.2. The Hall–Kier alpha value is -2.49. The Labute approximate surface area is 163 Å².